The Hall–Kier alpha value is -1.70. The molecule has 1 aromatic carbocycles. The van der Waals surface area contributed by atoms with Crippen LogP contribution in [0, 0.1) is 6.92 Å². The van der Waals surface area contributed by atoms with Crippen molar-refractivity contribution in [2.75, 3.05) is 27.2 Å². The quantitative estimate of drug-likeness (QED) is 0.570. The molecule has 1 saturated carbocycles. The lowest BCUT2D eigenvalue weighted by atomic mass is 10.1. The Morgan fingerprint density at radius 1 is 1.38 bits per heavy atom. The number of fused-ring (bicyclic) bond motifs is 3. The smallest absolute Gasteiger partial charge is 0.281 e. The van der Waals surface area contributed by atoms with E-state index in [1.165, 1.54) is 0 Å². The standard InChI is InChI=1S/C19H22BrN3O3/c1-11-14(20)7-6-13-17(11)23(12-4-5-12)19(24)16-18(13)26-15(21-16)10-25-9-8-22(2)3/h6-7,12H,4-5,8-10H2,1-3H3. The molecule has 1 aliphatic carbocycles. The zero-order chi connectivity index (χ0) is 18.4. The molecule has 6 nitrogen and oxygen atoms in total. The van der Waals surface area contributed by atoms with Gasteiger partial charge in [-0.05, 0) is 51.6 Å². The van der Waals surface area contributed by atoms with Gasteiger partial charge in [-0.3, -0.25) is 4.79 Å². The SMILES string of the molecule is Cc1c(Br)ccc2c3oc(COCCN(C)C)nc3c(=O)n(C3CC3)c12. The fourth-order valence-corrected chi connectivity index (χ4v) is 3.55. The van der Waals surface area contributed by atoms with Crippen molar-refractivity contribution in [1.29, 1.82) is 0 Å². The second-order valence-corrected chi connectivity index (χ2v) is 7.97. The third kappa shape index (κ3) is 3.08. The molecule has 0 bridgehead atoms. The number of hydrogen-bond acceptors (Lipinski definition) is 5. The minimum atomic E-state index is -0.0699. The molecule has 0 amide bonds. The lowest BCUT2D eigenvalue weighted by molar-refractivity contribution is 0.0906. The number of pyridine rings is 1. The van der Waals surface area contributed by atoms with Gasteiger partial charge in [0.1, 0.15) is 6.61 Å². The van der Waals surface area contributed by atoms with Gasteiger partial charge < -0.3 is 18.6 Å². The summed E-state index contributed by atoms with van der Waals surface area (Å²) in [5, 5.41) is 0.930. The van der Waals surface area contributed by atoms with E-state index < -0.39 is 0 Å². The number of aryl methyl sites for hydroxylation is 1. The van der Waals surface area contributed by atoms with Crippen molar-refractivity contribution in [1.82, 2.24) is 14.5 Å². The van der Waals surface area contributed by atoms with Crippen LogP contribution in [-0.4, -0.2) is 41.7 Å². The predicted molar refractivity (Wildman–Crippen MR) is 105 cm³/mol. The Kier molecular flexibility index (Phi) is 4.62. The highest BCUT2D eigenvalue weighted by Crippen LogP contribution is 2.39. The van der Waals surface area contributed by atoms with E-state index in [1.807, 2.05) is 37.7 Å². The molecular weight excluding hydrogens is 398 g/mol. The van der Waals surface area contributed by atoms with Gasteiger partial charge in [-0.25, -0.2) is 4.98 Å². The molecule has 0 unspecified atom stereocenters. The van der Waals surface area contributed by atoms with Crippen LogP contribution < -0.4 is 5.56 Å². The molecule has 1 fully saturated rings. The largest absolute Gasteiger partial charge is 0.437 e. The number of hydrogen-bond donors (Lipinski definition) is 0. The van der Waals surface area contributed by atoms with Gasteiger partial charge >= 0.3 is 0 Å². The molecule has 0 N–H and O–H groups in total. The monoisotopic (exact) mass is 419 g/mol. The zero-order valence-electron chi connectivity index (χ0n) is 15.2. The lowest BCUT2D eigenvalue weighted by Crippen LogP contribution is -2.20. The summed E-state index contributed by atoms with van der Waals surface area (Å²) >= 11 is 3.58. The third-order valence-electron chi connectivity index (χ3n) is 4.76. The van der Waals surface area contributed by atoms with Crippen molar-refractivity contribution < 1.29 is 9.15 Å². The van der Waals surface area contributed by atoms with E-state index in [2.05, 4.69) is 25.8 Å². The Balaban J connectivity index is 1.82. The molecule has 0 saturated heterocycles. The summed E-state index contributed by atoms with van der Waals surface area (Å²) in [6.07, 6.45) is 2.07. The summed E-state index contributed by atoms with van der Waals surface area (Å²) < 4.78 is 14.5. The minimum absolute atomic E-state index is 0.0699. The predicted octanol–water partition coefficient (Wildman–Crippen LogP) is 3.63. The highest BCUT2D eigenvalue weighted by atomic mass is 79.9. The van der Waals surface area contributed by atoms with Crippen LogP contribution in [0.25, 0.3) is 22.0 Å². The number of aromatic nitrogens is 2. The highest BCUT2D eigenvalue weighted by molar-refractivity contribution is 9.10. The summed E-state index contributed by atoms with van der Waals surface area (Å²) in [5.41, 5.74) is 2.88. The molecule has 3 aromatic rings. The topological polar surface area (TPSA) is 60.5 Å². The average Bonchev–Trinajstić information content (AvgIpc) is 3.34. The molecule has 7 heteroatoms. The maximum atomic E-state index is 13.1. The Morgan fingerprint density at radius 2 is 2.15 bits per heavy atom. The normalized spacial score (nSPS) is 14.8. The van der Waals surface area contributed by atoms with Gasteiger partial charge in [0.25, 0.3) is 5.56 Å². The van der Waals surface area contributed by atoms with Crippen LogP contribution in [0.1, 0.15) is 30.3 Å². The minimum Gasteiger partial charge on any atom is -0.437 e. The van der Waals surface area contributed by atoms with Crippen LogP contribution in [0.3, 0.4) is 0 Å². The molecule has 0 radical (unpaired) electrons. The lowest BCUT2D eigenvalue weighted by Gasteiger charge is -2.12. The summed E-state index contributed by atoms with van der Waals surface area (Å²) in [5.74, 6) is 0.450. The molecule has 138 valence electrons. The first-order chi connectivity index (χ1) is 12.5. The number of oxazole rings is 1. The van der Waals surface area contributed by atoms with Crippen molar-refractivity contribution in [2.24, 2.45) is 0 Å². The van der Waals surface area contributed by atoms with Gasteiger partial charge in [-0.2, -0.15) is 0 Å². The Bertz CT molecular complexity index is 1030. The number of halogens is 1. The maximum absolute atomic E-state index is 13.1. The molecular formula is C19H22BrN3O3. The van der Waals surface area contributed by atoms with E-state index in [1.54, 1.807) is 0 Å². The third-order valence-corrected chi connectivity index (χ3v) is 5.62. The molecule has 2 aromatic heterocycles. The van der Waals surface area contributed by atoms with Gasteiger partial charge in [0, 0.05) is 22.4 Å². The highest BCUT2D eigenvalue weighted by Gasteiger charge is 2.30. The second-order valence-electron chi connectivity index (χ2n) is 7.12. The molecule has 26 heavy (non-hydrogen) atoms. The maximum Gasteiger partial charge on any atom is 0.281 e. The second kappa shape index (κ2) is 6.79. The summed E-state index contributed by atoms with van der Waals surface area (Å²) in [7, 11) is 3.99. The van der Waals surface area contributed by atoms with E-state index in [-0.39, 0.29) is 18.2 Å². The number of rotatable bonds is 6. The molecule has 0 aliphatic heterocycles. The zero-order valence-corrected chi connectivity index (χ0v) is 16.8. The van der Waals surface area contributed by atoms with E-state index >= 15 is 0 Å². The number of nitrogens with zero attached hydrogens (tertiary/aromatic N) is 3. The fourth-order valence-electron chi connectivity index (χ4n) is 3.23. The van der Waals surface area contributed by atoms with Gasteiger partial charge in [0.2, 0.25) is 5.89 Å². The van der Waals surface area contributed by atoms with Crippen molar-refractivity contribution in [3.8, 4) is 0 Å². The first kappa shape index (κ1) is 17.7. The van der Waals surface area contributed by atoms with Crippen LogP contribution in [0.2, 0.25) is 0 Å². The summed E-state index contributed by atoms with van der Waals surface area (Å²) in [6.45, 7) is 3.70. The van der Waals surface area contributed by atoms with Crippen LogP contribution in [0.5, 0.6) is 0 Å². The number of ether oxygens (including phenoxy) is 1. The van der Waals surface area contributed by atoms with Crippen molar-refractivity contribution in [3.05, 3.63) is 38.4 Å². The van der Waals surface area contributed by atoms with E-state index in [0.717, 1.165) is 40.3 Å². The van der Waals surface area contributed by atoms with Crippen LogP contribution in [-0.2, 0) is 11.3 Å². The van der Waals surface area contributed by atoms with Crippen molar-refractivity contribution in [2.45, 2.75) is 32.4 Å². The summed E-state index contributed by atoms with van der Waals surface area (Å²) in [4.78, 5) is 19.6. The average molecular weight is 420 g/mol. The van der Waals surface area contributed by atoms with E-state index in [9.17, 15) is 4.79 Å². The van der Waals surface area contributed by atoms with Gasteiger partial charge in [0.05, 0.1) is 12.1 Å². The van der Waals surface area contributed by atoms with Crippen LogP contribution in [0.15, 0.2) is 25.8 Å². The molecule has 2 heterocycles. The number of benzene rings is 1. The first-order valence-electron chi connectivity index (χ1n) is 8.82. The molecule has 1 aliphatic rings. The molecule has 0 atom stereocenters. The van der Waals surface area contributed by atoms with Crippen LogP contribution in [0.4, 0.5) is 0 Å². The van der Waals surface area contributed by atoms with Crippen molar-refractivity contribution in [3.63, 3.8) is 0 Å². The van der Waals surface area contributed by atoms with Gasteiger partial charge in [-0.1, -0.05) is 15.9 Å². The van der Waals surface area contributed by atoms with Gasteiger partial charge in [-0.15, -0.1) is 0 Å². The van der Waals surface area contributed by atoms with E-state index in [4.69, 9.17) is 9.15 Å². The number of likely N-dealkylation sites (N-methyl/N-ethyl adjacent to an activating group) is 1. The van der Waals surface area contributed by atoms with Crippen molar-refractivity contribution >= 4 is 37.9 Å². The summed E-state index contributed by atoms with van der Waals surface area (Å²) in [6, 6.07) is 4.25. The fraction of sp³-hybridized carbons (Fsp3) is 0.474. The van der Waals surface area contributed by atoms with E-state index in [0.29, 0.717) is 23.6 Å². The first-order valence-corrected chi connectivity index (χ1v) is 9.62. The van der Waals surface area contributed by atoms with Crippen LogP contribution >= 0.6 is 15.9 Å². The Labute approximate surface area is 159 Å². The van der Waals surface area contributed by atoms with Gasteiger partial charge in [0.15, 0.2) is 11.1 Å². The molecule has 0 spiro atoms. The Morgan fingerprint density at radius 3 is 2.85 bits per heavy atom. The molecule has 4 rings (SSSR count).